The van der Waals surface area contributed by atoms with Gasteiger partial charge in [-0.1, -0.05) is 19.1 Å². The fourth-order valence-corrected chi connectivity index (χ4v) is 9.63. The van der Waals surface area contributed by atoms with Crippen molar-refractivity contribution in [3.05, 3.63) is 29.8 Å². The zero-order valence-corrected chi connectivity index (χ0v) is 25.3. The van der Waals surface area contributed by atoms with Gasteiger partial charge in [-0.2, -0.15) is 0 Å². The number of esters is 1. The fraction of sp³-hybridized carbons (Fsp3) is 0.781. The van der Waals surface area contributed by atoms with Crippen LogP contribution in [0, 0.1) is 29.1 Å². The van der Waals surface area contributed by atoms with Gasteiger partial charge < -0.3 is 14.5 Å². The molecule has 38 heavy (non-hydrogen) atoms. The van der Waals surface area contributed by atoms with Crippen LogP contribution in [0.25, 0.3) is 0 Å². The molecule has 4 aliphatic rings. The first kappa shape index (κ1) is 28.6. The van der Waals surface area contributed by atoms with Crippen LogP contribution in [0.1, 0.15) is 77.2 Å². The van der Waals surface area contributed by atoms with Gasteiger partial charge in [0.15, 0.2) is 0 Å². The quantitative estimate of drug-likeness (QED) is 0.248. The maximum atomic E-state index is 12.9. The van der Waals surface area contributed by atoms with Gasteiger partial charge in [0.05, 0.1) is 6.42 Å². The SMILES string of the molecule is CN1CCC[C@H]2[C@@H]3CC[C@H]4C[C@@H](OC(=O)Cc5ccc(N(CCCl)CCCl)cc5)CC[C@]4(C)[C@H]3CC[C@@]21C. The van der Waals surface area contributed by atoms with Crippen LogP contribution in [-0.2, 0) is 16.0 Å². The Bertz CT molecular complexity index is 951. The third kappa shape index (κ3) is 5.48. The van der Waals surface area contributed by atoms with Gasteiger partial charge in [-0.25, -0.2) is 0 Å². The monoisotopic (exact) mass is 562 g/mol. The number of alkyl halides is 2. The van der Waals surface area contributed by atoms with E-state index < -0.39 is 0 Å². The molecule has 0 radical (unpaired) electrons. The molecule has 4 fully saturated rings. The van der Waals surface area contributed by atoms with Gasteiger partial charge >= 0.3 is 5.97 Å². The molecule has 1 saturated heterocycles. The van der Waals surface area contributed by atoms with Crippen LogP contribution in [-0.4, -0.2) is 61.0 Å². The maximum Gasteiger partial charge on any atom is 0.310 e. The minimum Gasteiger partial charge on any atom is -0.462 e. The molecule has 0 aromatic heterocycles. The van der Waals surface area contributed by atoms with E-state index in [9.17, 15) is 4.79 Å². The summed E-state index contributed by atoms with van der Waals surface area (Å²) in [7, 11) is 2.37. The second kappa shape index (κ2) is 11.9. The number of hydrogen-bond acceptors (Lipinski definition) is 4. The van der Waals surface area contributed by atoms with Gasteiger partial charge in [0.1, 0.15) is 6.10 Å². The van der Waals surface area contributed by atoms with Crippen LogP contribution >= 0.6 is 23.2 Å². The Hall–Kier alpha value is -0.970. The molecule has 6 heteroatoms. The van der Waals surface area contributed by atoms with Crippen molar-refractivity contribution < 1.29 is 9.53 Å². The molecule has 0 amide bonds. The summed E-state index contributed by atoms with van der Waals surface area (Å²) in [6, 6.07) is 8.19. The van der Waals surface area contributed by atoms with E-state index in [-0.39, 0.29) is 12.1 Å². The van der Waals surface area contributed by atoms with Crippen molar-refractivity contribution in [1.82, 2.24) is 4.90 Å². The normalized spacial score (nSPS) is 37.0. The molecule has 0 spiro atoms. The zero-order valence-electron chi connectivity index (χ0n) is 23.8. The number of nitrogens with zero attached hydrogens (tertiary/aromatic N) is 2. The van der Waals surface area contributed by atoms with Gasteiger partial charge in [-0.15, -0.1) is 23.2 Å². The Labute approximate surface area is 240 Å². The minimum absolute atomic E-state index is 0.0778. The predicted octanol–water partition coefficient (Wildman–Crippen LogP) is 7.15. The van der Waals surface area contributed by atoms with Crippen molar-refractivity contribution in [2.45, 2.75) is 89.7 Å². The highest BCUT2D eigenvalue weighted by Gasteiger charge is 2.58. The number of anilines is 1. The lowest BCUT2D eigenvalue weighted by atomic mass is 9.45. The molecule has 0 N–H and O–H groups in total. The highest BCUT2D eigenvalue weighted by Crippen LogP contribution is 2.63. The first-order valence-electron chi connectivity index (χ1n) is 15.1. The molecule has 0 unspecified atom stereocenters. The number of piperidine rings is 1. The minimum atomic E-state index is -0.0860. The van der Waals surface area contributed by atoms with Crippen LogP contribution in [0.2, 0.25) is 0 Å². The average molecular weight is 564 g/mol. The molecule has 7 atom stereocenters. The molecule has 3 aliphatic carbocycles. The molecule has 5 rings (SSSR count). The molecule has 1 heterocycles. The lowest BCUT2D eigenvalue weighted by molar-refractivity contribution is -0.165. The van der Waals surface area contributed by atoms with Crippen LogP contribution in [0.15, 0.2) is 24.3 Å². The molecule has 4 nitrogen and oxygen atoms in total. The van der Waals surface area contributed by atoms with E-state index in [1.54, 1.807) is 0 Å². The van der Waals surface area contributed by atoms with E-state index in [1.807, 2.05) is 12.1 Å². The molecule has 212 valence electrons. The first-order chi connectivity index (χ1) is 18.3. The Kier molecular flexibility index (Phi) is 8.92. The lowest BCUT2D eigenvalue weighted by Gasteiger charge is -2.64. The van der Waals surface area contributed by atoms with Gasteiger partial charge in [-0.3, -0.25) is 4.79 Å². The summed E-state index contributed by atoms with van der Waals surface area (Å²) in [5.74, 6) is 4.31. The standard InChI is InChI=1S/C32H48Cl2N2O2/c1-31-14-12-26(38-30(37)21-23-6-9-25(10-7-23)36(19-16-33)20-17-34)22-24(31)8-11-27-28(31)13-15-32(2)29(27)5-4-18-35(32)3/h6-7,9-10,24,26-29H,4-5,8,11-22H2,1-3H3/t24-,26-,27+,28-,29-,31-,32-/m0/s1. The number of carbonyl (C=O) groups excluding carboxylic acids is 1. The number of ether oxygens (including phenoxy) is 1. The summed E-state index contributed by atoms with van der Waals surface area (Å²) in [5.41, 5.74) is 2.91. The lowest BCUT2D eigenvalue weighted by Crippen LogP contribution is -2.62. The molecular weight excluding hydrogens is 515 g/mol. The van der Waals surface area contributed by atoms with Crippen molar-refractivity contribution in [2.24, 2.45) is 29.1 Å². The highest BCUT2D eigenvalue weighted by atomic mass is 35.5. The van der Waals surface area contributed by atoms with Crippen LogP contribution in [0.4, 0.5) is 5.69 Å². The van der Waals surface area contributed by atoms with Gasteiger partial charge in [0.25, 0.3) is 0 Å². The summed E-state index contributed by atoms with van der Waals surface area (Å²) in [5, 5.41) is 0. The largest absolute Gasteiger partial charge is 0.462 e. The van der Waals surface area contributed by atoms with Gasteiger partial charge in [0, 0.05) is 36.1 Å². The van der Waals surface area contributed by atoms with E-state index in [0.29, 0.717) is 35.1 Å². The molecule has 3 saturated carbocycles. The van der Waals surface area contributed by atoms with Crippen LogP contribution in [0.5, 0.6) is 0 Å². The number of rotatable bonds is 8. The average Bonchev–Trinajstić information content (AvgIpc) is 2.90. The van der Waals surface area contributed by atoms with Crippen LogP contribution < -0.4 is 4.90 Å². The van der Waals surface area contributed by atoms with E-state index in [4.69, 9.17) is 27.9 Å². The summed E-state index contributed by atoms with van der Waals surface area (Å²) >= 11 is 11.9. The topological polar surface area (TPSA) is 32.8 Å². The molecule has 1 aromatic rings. The number of halogens is 2. The third-order valence-electron chi connectivity index (χ3n) is 11.5. The zero-order chi connectivity index (χ0) is 26.9. The van der Waals surface area contributed by atoms with E-state index in [2.05, 4.69) is 42.8 Å². The van der Waals surface area contributed by atoms with Crippen molar-refractivity contribution in [3.8, 4) is 0 Å². The second-order valence-corrected chi connectivity index (χ2v) is 14.0. The Morgan fingerprint density at radius 1 is 1.00 bits per heavy atom. The number of likely N-dealkylation sites (tertiary alicyclic amines) is 1. The highest BCUT2D eigenvalue weighted by molar-refractivity contribution is 6.18. The Morgan fingerprint density at radius 2 is 1.74 bits per heavy atom. The van der Waals surface area contributed by atoms with Crippen LogP contribution in [0.3, 0.4) is 0 Å². The summed E-state index contributed by atoms with van der Waals surface area (Å²) in [6.07, 6.45) is 11.9. The third-order valence-corrected chi connectivity index (χ3v) is 11.9. The predicted molar refractivity (Wildman–Crippen MR) is 158 cm³/mol. The van der Waals surface area contributed by atoms with Gasteiger partial charge in [0.2, 0.25) is 0 Å². The Morgan fingerprint density at radius 3 is 2.45 bits per heavy atom. The fourth-order valence-electron chi connectivity index (χ4n) is 9.22. The van der Waals surface area contributed by atoms with E-state index >= 15 is 0 Å². The number of benzene rings is 1. The molecular formula is C32H48Cl2N2O2. The van der Waals surface area contributed by atoms with Crippen molar-refractivity contribution in [1.29, 1.82) is 0 Å². The van der Waals surface area contributed by atoms with E-state index in [1.165, 1.54) is 51.5 Å². The van der Waals surface area contributed by atoms with Crippen molar-refractivity contribution in [3.63, 3.8) is 0 Å². The smallest absolute Gasteiger partial charge is 0.310 e. The number of carbonyl (C=O) groups is 1. The summed E-state index contributed by atoms with van der Waals surface area (Å²) < 4.78 is 6.11. The number of hydrogen-bond donors (Lipinski definition) is 0. The molecule has 1 aliphatic heterocycles. The van der Waals surface area contributed by atoms with E-state index in [0.717, 1.165) is 54.9 Å². The van der Waals surface area contributed by atoms with Gasteiger partial charge in [-0.05, 0) is 125 Å². The number of fused-ring (bicyclic) bond motifs is 5. The Balaban J connectivity index is 1.16. The summed E-state index contributed by atoms with van der Waals surface area (Å²) in [4.78, 5) is 17.8. The second-order valence-electron chi connectivity index (χ2n) is 13.2. The maximum absolute atomic E-state index is 12.9. The van der Waals surface area contributed by atoms with Crippen molar-refractivity contribution >= 4 is 34.9 Å². The summed E-state index contributed by atoms with van der Waals surface area (Å²) in [6.45, 7) is 7.94. The van der Waals surface area contributed by atoms with Crippen molar-refractivity contribution in [2.75, 3.05) is 43.3 Å². The first-order valence-corrected chi connectivity index (χ1v) is 16.2. The molecule has 0 bridgehead atoms. The molecule has 1 aromatic carbocycles.